The molecule has 0 amide bonds. The molecule has 0 radical (unpaired) electrons. The van der Waals surface area contributed by atoms with Crippen molar-refractivity contribution >= 4 is 34.9 Å². The van der Waals surface area contributed by atoms with Crippen LogP contribution in [0.4, 0.5) is 5.69 Å². The van der Waals surface area contributed by atoms with Crippen LogP contribution in [-0.4, -0.2) is 17.6 Å². The number of aromatic carboxylic acids is 1. The molecular formula is C21H17Cl2NO2. The quantitative estimate of drug-likeness (QED) is 0.552. The van der Waals surface area contributed by atoms with Gasteiger partial charge in [0.1, 0.15) is 0 Å². The number of hydrogen-bond acceptors (Lipinski definition) is 2. The lowest BCUT2D eigenvalue weighted by molar-refractivity contribution is 0.0697. The zero-order valence-corrected chi connectivity index (χ0v) is 15.3. The Bertz CT molecular complexity index is 830. The molecule has 0 saturated carbocycles. The molecule has 0 atom stereocenters. The predicted molar refractivity (Wildman–Crippen MR) is 107 cm³/mol. The fourth-order valence-corrected chi connectivity index (χ4v) is 3.02. The number of carboxylic acid groups (broad SMARTS) is 1. The molecule has 0 saturated heterocycles. The van der Waals surface area contributed by atoms with E-state index in [-0.39, 0.29) is 11.5 Å². The summed E-state index contributed by atoms with van der Waals surface area (Å²) in [6, 6.07) is 22.3. The molecule has 3 nitrogen and oxygen atoms in total. The Kier molecular flexibility index (Phi) is 5.82. The lowest BCUT2D eigenvalue weighted by Gasteiger charge is -2.20. The van der Waals surface area contributed by atoms with Crippen molar-refractivity contribution in [3.8, 4) is 0 Å². The number of benzene rings is 3. The van der Waals surface area contributed by atoms with Crippen LogP contribution in [0.5, 0.6) is 0 Å². The van der Waals surface area contributed by atoms with E-state index in [0.717, 1.165) is 16.8 Å². The van der Waals surface area contributed by atoms with Crippen molar-refractivity contribution in [3.63, 3.8) is 0 Å². The third-order valence-corrected chi connectivity index (χ3v) is 4.69. The summed E-state index contributed by atoms with van der Waals surface area (Å²) in [5.74, 6) is -0.833. The van der Waals surface area contributed by atoms with Gasteiger partial charge in [0, 0.05) is 28.2 Å². The van der Waals surface area contributed by atoms with Gasteiger partial charge in [-0.05, 0) is 59.7 Å². The topological polar surface area (TPSA) is 49.3 Å². The van der Waals surface area contributed by atoms with Crippen LogP contribution >= 0.6 is 23.2 Å². The Morgan fingerprint density at radius 2 is 1.27 bits per heavy atom. The number of anilines is 1. The largest absolute Gasteiger partial charge is 0.478 e. The number of carboxylic acids is 1. The molecule has 0 bridgehead atoms. The monoisotopic (exact) mass is 385 g/mol. The number of hydrogen-bond donors (Lipinski definition) is 2. The Hall–Kier alpha value is -2.49. The molecule has 0 aliphatic rings. The Balaban J connectivity index is 1.82. The van der Waals surface area contributed by atoms with Crippen LogP contribution in [-0.2, 0) is 0 Å². The molecule has 3 rings (SSSR count). The maximum atomic E-state index is 11.0. The highest BCUT2D eigenvalue weighted by atomic mass is 35.5. The van der Waals surface area contributed by atoms with Crippen LogP contribution in [0, 0.1) is 0 Å². The Morgan fingerprint density at radius 1 is 0.808 bits per heavy atom. The highest BCUT2D eigenvalue weighted by molar-refractivity contribution is 6.30. The van der Waals surface area contributed by atoms with Crippen molar-refractivity contribution in [2.75, 3.05) is 11.9 Å². The molecule has 26 heavy (non-hydrogen) atoms. The molecule has 132 valence electrons. The molecule has 3 aromatic carbocycles. The lowest BCUT2D eigenvalue weighted by atomic mass is 9.91. The summed E-state index contributed by atoms with van der Waals surface area (Å²) in [5, 5.41) is 13.8. The van der Waals surface area contributed by atoms with E-state index in [4.69, 9.17) is 28.3 Å². The van der Waals surface area contributed by atoms with Gasteiger partial charge in [-0.3, -0.25) is 0 Å². The van der Waals surface area contributed by atoms with Crippen LogP contribution in [0.15, 0.2) is 72.8 Å². The number of nitrogens with one attached hydrogen (secondary N) is 1. The average Bonchev–Trinajstić information content (AvgIpc) is 2.65. The normalized spacial score (nSPS) is 10.7. The molecular weight excluding hydrogens is 369 g/mol. The van der Waals surface area contributed by atoms with Crippen molar-refractivity contribution in [1.29, 1.82) is 0 Å². The summed E-state index contributed by atoms with van der Waals surface area (Å²) >= 11 is 12.0. The smallest absolute Gasteiger partial charge is 0.335 e. The number of halogens is 2. The molecule has 0 aliphatic heterocycles. The third kappa shape index (κ3) is 4.57. The predicted octanol–water partition coefficient (Wildman–Crippen LogP) is 5.94. The summed E-state index contributed by atoms with van der Waals surface area (Å²) < 4.78 is 0. The minimum absolute atomic E-state index is 0.101. The molecule has 3 aromatic rings. The van der Waals surface area contributed by atoms with Crippen LogP contribution < -0.4 is 5.32 Å². The zero-order chi connectivity index (χ0) is 18.5. The Morgan fingerprint density at radius 3 is 1.69 bits per heavy atom. The first-order chi connectivity index (χ1) is 12.5. The van der Waals surface area contributed by atoms with Gasteiger partial charge in [0.2, 0.25) is 0 Å². The molecule has 0 spiro atoms. The second-order valence-electron chi connectivity index (χ2n) is 5.92. The second kappa shape index (κ2) is 8.26. The van der Waals surface area contributed by atoms with Gasteiger partial charge in [-0.15, -0.1) is 0 Å². The van der Waals surface area contributed by atoms with Gasteiger partial charge in [-0.25, -0.2) is 4.79 Å². The first kappa shape index (κ1) is 18.3. The van der Waals surface area contributed by atoms with Gasteiger partial charge in [0.25, 0.3) is 0 Å². The van der Waals surface area contributed by atoms with E-state index in [9.17, 15) is 4.79 Å². The summed E-state index contributed by atoms with van der Waals surface area (Å²) in [5.41, 5.74) is 3.39. The van der Waals surface area contributed by atoms with E-state index in [1.807, 2.05) is 48.5 Å². The highest BCUT2D eigenvalue weighted by Gasteiger charge is 2.14. The van der Waals surface area contributed by atoms with Crippen molar-refractivity contribution in [1.82, 2.24) is 0 Å². The second-order valence-corrected chi connectivity index (χ2v) is 6.79. The van der Waals surface area contributed by atoms with Gasteiger partial charge in [0.05, 0.1) is 5.56 Å². The van der Waals surface area contributed by atoms with Crippen LogP contribution in [0.1, 0.15) is 27.4 Å². The Labute approximate surface area is 162 Å². The molecule has 0 fully saturated rings. The van der Waals surface area contributed by atoms with Gasteiger partial charge in [-0.2, -0.15) is 0 Å². The van der Waals surface area contributed by atoms with E-state index < -0.39 is 5.97 Å². The minimum Gasteiger partial charge on any atom is -0.478 e. The maximum Gasteiger partial charge on any atom is 0.335 e. The van der Waals surface area contributed by atoms with Crippen LogP contribution in [0.3, 0.4) is 0 Å². The fraction of sp³-hybridized carbons (Fsp3) is 0.0952. The minimum atomic E-state index is -0.934. The van der Waals surface area contributed by atoms with Crippen LogP contribution in [0.2, 0.25) is 10.0 Å². The van der Waals surface area contributed by atoms with E-state index in [0.29, 0.717) is 16.6 Å². The summed E-state index contributed by atoms with van der Waals surface area (Å²) in [4.78, 5) is 11.0. The first-order valence-electron chi connectivity index (χ1n) is 8.11. The van der Waals surface area contributed by atoms with Gasteiger partial charge >= 0.3 is 5.97 Å². The van der Waals surface area contributed by atoms with Crippen molar-refractivity contribution in [2.24, 2.45) is 0 Å². The SMILES string of the molecule is O=C(O)c1ccc(NCC(c2ccc(Cl)cc2)c2ccc(Cl)cc2)cc1. The highest BCUT2D eigenvalue weighted by Crippen LogP contribution is 2.27. The summed E-state index contributed by atoms with van der Waals surface area (Å²) in [7, 11) is 0. The zero-order valence-electron chi connectivity index (χ0n) is 13.8. The number of carbonyl (C=O) groups is 1. The standard InChI is InChI=1S/C21H17Cl2NO2/c22-17-7-1-14(2-8-17)20(15-3-9-18(23)10-4-15)13-24-19-11-5-16(6-12-19)21(25)26/h1-12,20,24H,13H2,(H,25,26). The maximum absolute atomic E-state index is 11.0. The molecule has 0 unspecified atom stereocenters. The molecule has 2 N–H and O–H groups in total. The summed E-state index contributed by atoms with van der Waals surface area (Å²) in [6.07, 6.45) is 0. The van der Waals surface area contributed by atoms with E-state index in [2.05, 4.69) is 5.32 Å². The van der Waals surface area contributed by atoms with E-state index in [1.54, 1.807) is 24.3 Å². The molecule has 0 aliphatic carbocycles. The van der Waals surface area contributed by atoms with Gasteiger partial charge in [-0.1, -0.05) is 47.5 Å². The van der Waals surface area contributed by atoms with Gasteiger partial charge < -0.3 is 10.4 Å². The molecule has 0 aromatic heterocycles. The summed E-state index contributed by atoms with van der Waals surface area (Å²) in [6.45, 7) is 0.648. The molecule has 0 heterocycles. The molecule has 5 heteroatoms. The van der Waals surface area contributed by atoms with Crippen molar-refractivity contribution in [2.45, 2.75) is 5.92 Å². The third-order valence-electron chi connectivity index (χ3n) is 4.19. The first-order valence-corrected chi connectivity index (χ1v) is 8.86. The fourth-order valence-electron chi connectivity index (χ4n) is 2.77. The van der Waals surface area contributed by atoms with E-state index in [1.165, 1.54) is 0 Å². The van der Waals surface area contributed by atoms with Crippen LogP contribution in [0.25, 0.3) is 0 Å². The lowest BCUT2D eigenvalue weighted by Crippen LogP contribution is -2.14. The average molecular weight is 386 g/mol. The van der Waals surface area contributed by atoms with Gasteiger partial charge in [0.15, 0.2) is 0 Å². The van der Waals surface area contributed by atoms with Crippen molar-refractivity contribution < 1.29 is 9.90 Å². The number of rotatable bonds is 6. The van der Waals surface area contributed by atoms with E-state index >= 15 is 0 Å². The van der Waals surface area contributed by atoms with Crippen molar-refractivity contribution in [3.05, 3.63) is 99.5 Å².